The molecule has 1 rings (SSSR count). The minimum Gasteiger partial charge on any atom is -0.488 e. The molecule has 0 amide bonds. The highest BCUT2D eigenvalue weighted by Crippen LogP contribution is 2.30. The summed E-state index contributed by atoms with van der Waals surface area (Å²) in [6.45, 7) is 11.2. The van der Waals surface area contributed by atoms with Gasteiger partial charge in [-0.05, 0) is 58.4 Å². The zero-order valence-electron chi connectivity index (χ0n) is 12.7. The Morgan fingerprint density at radius 1 is 1.32 bits per heavy atom. The van der Waals surface area contributed by atoms with Gasteiger partial charge in [0.2, 0.25) is 0 Å². The van der Waals surface area contributed by atoms with E-state index in [-0.39, 0.29) is 17.5 Å². The third-order valence-corrected chi connectivity index (χ3v) is 3.38. The van der Waals surface area contributed by atoms with Gasteiger partial charge in [-0.3, -0.25) is 0 Å². The highest BCUT2D eigenvalue weighted by Gasteiger charge is 2.20. The van der Waals surface area contributed by atoms with Crippen LogP contribution in [0.5, 0.6) is 5.75 Å². The second kappa shape index (κ2) is 6.90. The fraction of sp³-hybridized carbons (Fsp3) is 0.625. The van der Waals surface area contributed by atoms with E-state index in [1.165, 1.54) is 6.07 Å². The van der Waals surface area contributed by atoms with Crippen molar-refractivity contribution >= 4 is 0 Å². The summed E-state index contributed by atoms with van der Waals surface area (Å²) in [6.07, 6.45) is 1.96. The predicted molar refractivity (Wildman–Crippen MR) is 78.1 cm³/mol. The molecule has 1 N–H and O–H groups in total. The first-order valence-electron chi connectivity index (χ1n) is 7.11. The second-order valence-corrected chi connectivity index (χ2v) is 5.57. The largest absolute Gasteiger partial charge is 0.488 e. The Labute approximate surface area is 116 Å². The summed E-state index contributed by atoms with van der Waals surface area (Å²) in [6, 6.07) is 4.83. The van der Waals surface area contributed by atoms with Crippen LogP contribution in [0.15, 0.2) is 18.2 Å². The van der Waals surface area contributed by atoms with E-state index in [4.69, 9.17) is 4.74 Å². The molecular weight excluding hydrogens is 241 g/mol. The topological polar surface area (TPSA) is 21.3 Å². The third kappa shape index (κ3) is 4.83. The molecule has 1 unspecified atom stereocenters. The summed E-state index contributed by atoms with van der Waals surface area (Å²) in [7, 11) is 0. The third-order valence-electron chi connectivity index (χ3n) is 3.38. The van der Waals surface area contributed by atoms with Gasteiger partial charge in [0.1, 0.15) is 17.2 Å². The molecule has 19 heavy (non-hydrogen) atoms. The molecule has 0 aliphatic rings. The summed E-state index contributed by atoms with van der Waals surface area (Å²) >= 11 is 0. The zero-order valence-corrected chi connectivity index (χ0v) is 12.7. The summed E-state index contributed by atoms with van der Waals surface area (Å²) in [4.78, 5) is 0. The molecule has 1 atom stereocenters. The van der Waals surface area contributed by atoms with Crippen molar-refractivity contribution in [2.24, 2.45) is 0 Å². The molecular formula is C16H26FNO. The molecule has 0 aliphatic carbocycles. The maximum absolute atomic E-state index is 13.5. The number of halogens is 1. The predicted octanol–water partition coefficient (Wildman–Crippen LogP) is 4.45. The zero-order chi connectivity index (χ0) is 14.5. The van der Waals surface area contributed by atoms with E-state index in [2.05, 4.69) is 19.2 Å². The first-order valence-corrected chi connectivity index (χ1v) is 7.11. The van der Waals surface area contributed by atoms with Crippen molar-refractivity contribution in [3.63, 3.8) is 0 Å². The summed E-state index contributed by atoms with van der Waals surface area (Å²) < 4.78 is 19.5. The molecule has 1 aromatic carbocycles. The SMILES string of the molecule is CCCNC(C)c1cc(F)ccc1OC(C)(C)CC. The van der Waals surface area contributed by atoms with Gasteiger partial charge in [0, 0.05) is 11.6 Å². The molecule has 0 aromatic heterocycles. The van der Waals surface area contributed by atoms with Crippen molar-refractivity contribution in [2.75, 3.05) is 6.54 Å². The summed E-state index contributed by atoms with van der Waals surface area (Å²) in [5, 5.41) is 3.37. The molecule has 0 bridgehead atoms. The van der Waals surface area contributed by atoms with Crippen molar-refractivity contribution in [3.05, 3.63) is 29.6 Å². The van der Waals surface area contributed by atoms with E-state index >= 15 is 0 Å². The molecule has 1 aromatic rings. The smallest absolute Gasteiger partial charge is 0.125 e. The van der Waals surface area contributed by atoms with Crippen molar-refractivity contribution in [1.29, 1.82) is 0 Å². The lowest BCUT2D eigenvalue weighted by Gasteiger charge is -2.28. The number of hydrogen-bond acceptors (Lipinski definition) is 2. The van der Waals surface area contributed by atoms with Crippen molar-refractivity contribution in [2.45, 2.75) is 59.1 Å². The maximum atomic E-state index is 13.5. The Morgan fingerprint density at radius 3 is 2.58 bits per heavy atom. The lowest BCUT2D eigenvalue weighted by molar-refractivity contribution is 0.103. The van der Waals surface area contributed by atoms with Crippen LogP contribution in [0.4, 0.5) is 4.39 Å². The molecule has 0 aliphatic heterocycles. The van der Waals surface area contributed by atoms with Gasteiger partial charge in [-0.2, -0.15) is 0 Å². The van der Waals surface area contributed by atoms with Gasteiger partial charge in [0.05, 0.1) is 0 Å². The Kier molecular flexibility index (Phi) is 5.80. The molecule has 2 nitrogen and oxygen atoms in total. The van der Waals surface area contributed by atoms with Crippen molar-refractivity contribution in [3.8, 4) is 5.75 Å². The van der Waals surface area contributed by atoms with Crippen LogP contribution in [-0.2, 0) is 0 Å². The fourth-order valence-corrected chi connectivity index (χ4v) is 1.79. The average molecular weight is 267 g/mol. The highest BCUT2D eigenvalue weighted by molar-refractivity contribution is 5.36. The van der Waals surface area contributed by atoms with Gasteiger partial charge in [-0.15, -0.1) is 0 Å². The van der Waals surface area contributed by atoms with Crippen LogP contribution >= 0.6 is 0 Å². The fourth-order valence-electron chi connectivity index (χ4n) is 1.79. The Morgan fingerprint density at radius 2 is 2.00 bits per heavy atom. The molecule has 3 heteroatoms. The van der Waals surface area contributed by atoms with E-state index in [9.17, 15) is 4.39 Å². The van der Waals surface area contributed by atoms with Gasteiger partial charge >= 0.3 is 0 Å². The summed E-state index contributed by atoms with van der Waals surface area (Å²) in [5.74, 6) is 0.547. The maximum Gasteiger partial charge on any atom is 0.125 e. The molecule has 0 heterocycles. The molecule has 0 saturated heterocycles. The minimum atomic E-state index is -0.239. The average Bonchev–Trinajstić information content (AvgIpc) is 2.38. The standard InChI is InChI=1S/C16H26FNO/c1-6-10-18-12(3)14-11-13(17)8-9-15(14)19-16(4,5)7-2/h8-9,11-12,18H,6-7,10H2,1-5H3. The van der Waals surface area contributed by atoms with Gasteiger partial charge in [0.25, 0.3) is 0 Å². The number of hydrogen-bond donors (Lipinski definition) is 1. The van der Waals surface area contributed by atoms with Crippen LogP contribution in [0.25, 0.3) is 0 Å². The molecule has 0 radical (unpaired) electrons. The number of nitrogens with one attached hydrogen (secondary N) is 1. The van der Waals surface area contributed by atoms with Gasteiger partial charge in [-0.1, -0.05) is 13.8 Å². The number of ether oxygens (including phenoxy) is 1. The Bertz CT molecular complexity index is 404. The van der Waals surface area contributed by atoms with Crippen molar-refractivity contribution in [1.82, 2.24) is 5.32 Å². The van der Waals surface area contributed by atoms with Crippen LogP contribution < -0.4 is 10.1 Å². The van der Waals surface area contributed by atoms with Crippen LogP contribution in [0.1, 0.15) is 59.1 Å². The Balaban J connectivity index is 2.97. The second-order valence-electron chi connectivity index (χ2n) is 5.57. The lowest BCUT2D eigenvalue weighted by atomic mass is 10.0. The van der Waals surface area contributed by atoms with Gasteiger partial charge < -0.3 is 10.1 Å². The molecule has 108 valence electrons. The number of rotatable bonds is 7. The molecule has 0 saturated carbocycles. The van der Waals surface area contributed by atoms with E-state index in [1.54, 1.807) is 12.1 Å². The highest BCUT2D eigenvalue weighted by atomic mass is 19.1. The monoisotopic (exact) mass is 267 g/mol. The normalized spacial score (nSPS) is 13.4. The minimum absolute atomic E-state index is 0.0818. The Hall–Kier alpha value is -1.09. The van der Waals surface area contributed by atoms with Crippen LogP contribution in [0.3, 0.4) is 0 Å². The summed E-state index contributed by atoms with van der Waals surface area (Å²) in [5.41, 5.74) is 0.645. The molecule has 0 spiro atoms. The lowest BCUT2D eigenvalue weighted by Crippen LogP contribution is -2.28. The van der Waals surface area contributed by atoms with E-state index in [1.807, 2.05) is 20.8 Å². The molecule has 0 fully saturated rings. The van der Waals surface area contributed by atoms with Crippen LogP contribution in [-0.4, -0.2) is 12.1 Å². The number of benzene rings is 1. The van der Waals surface area contributed by atoms with E-state index in [0.29, 0.717) is 0 Å². The van der Waals surface area contributed by atoms with Crippen LogP contribution in [0.2, 0.25) is 0 Å². The van der Waals surface area contributed by atoms with Gasteiger partial charge in [0.15, 0.2) is 0 Å². The van der Waals surface area contributed by atoms with Gasteiger partial charge in [-0.25, -0.2) is 4.39 Å². The first-order chi connectivity index (χ1) is 8.89. The van der Waals surface area contributed by atoms with Crippen molar-refractivity contribution < 1.29 is 9.13 Å². The van der Waals surface area contributed by atoms with Crippen LogP contribution in [0, 0.1) is 5.82 Å². The van der Waals surface area contributed by atoms with E-state index < -0.39 is 0 Å². The van der Waals surface area contributed by atoms with E-state index in [0.717, 1.165) is 30.7 Å². The first kappa shape index (κ1) is 16.0. The quantitative estimate of drug-likeness (QED) is 0.788.